The second kappa shape index (κ2) is 13.7. The van der Waals surface area contributed by atoms with Gasteiger partial charge in [-0.25, -0.2) is 20.0 Å². The van der Waals surface area contributed by atoms with Crippen molar-refractivity contribution in [3.05, 3.63) is 205 Å². The molecule has 0 fully saturated rings. The van der Waals surface area contributed by atoms with Gasteiger partial charge in [0.15, 0.2) is 11.7 Å². The molecule has 0 spiro atoms. The van der Waals surface area contributed by atoms with Crippen molar-refractivity contribution in [2.75, 3.05) is 0 Å². The van der Waals surface area contributed by atoms with Gasteiger partial charge in [-0.15, -0.1) is 0 Å². The lowest BCUT2D eigenvalue weighted by Gasteiger charge is -2.24. The maximum absolute atomic E-state index is 5.13. The molecule has 2 heterocycles. The Hall–Kier alpha value is -6.98. The first-order chi connectivity index (χ1) is 25.7. The van der Waals surface area contributed by atoms with Gasteiger partial charge in [-0.05, 0) is 46.0 Å². The highest BCUT2D eigenvalue weighted by molar-refractivity contribution is 6.13. The van der Waals surface area contributed by atoms with Gasteiger partial charge in [0.05, 0.1) is 11.2 Å². The lowest BCUT2D eigenvalue weighted by Crippen LogP contribution is -2.33. The third-order valence-electron chi connectivity index (χ3n) is 9.35. The van der Waals surface area contributed by atoms with Gasteiger partial charge >= 0.3 is 0 Å². The van der Waals surface area contributed by atoms with E-state index in [2.05, 4.69) is 139 Å². The molecule has 7 aromatic carbocycles. The molecule has 1 atom stereocenters. The van der Waals surface area contributed by atoms with E-state index >= 15 is 0 Å². The van der Waals surface area contributed by atoms with Gasteiger partial charge in [0, 0.05) is 27.6 Å². The van der Waals surface area contributed by atoms with Crippen LogP contribution in [0.5, 0.6) is 0 Å². The lowest BCUT2D eigenvalue weighted by atomic mass is 9.99. The number of benzene rings is 7. The zero-order chi connectivity index (χ0) is 34.7. The average Bonchev–Trinajstić information content (AvgIpc) is 3.24. The minimum atomic E-state index is -0.284. The Labute approximate surface area is 302 Å². The summed E-state index contributed by atoms with van der Waals surface area (Å²) >= 11 is 0. The minimum Gasteiger partial charge on any atom is -0.344 e. The van der Waals surface area contributed by atoms with Gasteiger partial charge in [-0.2, -0.15) is 0 Å². The summed E-state index contributed by atoms with van der Waals surface area (Å²) in [4.78, 5) is 20.3. The number of rotatable bonds is 7. The SMILES string of the molecule is c1ccc(-c2ccc(C3=NC(c4cccc(-c5cccc(-c6nc(-c7ccccc7)c7ccccc7n6)c5)c4)=NC(c4ccccc4)N3)cc2)cc1. The van der Waals surface area contributed by atoms with Crippen LogP contribution in [-0.2, 0) is 0 Å². The summed E-state index contributed by atoms with van der Waals surface area (Å²) in [5, 5.41) is 4.63. The van der Waals surface area contributed by atoms with Gasteiger partial charge in [-0.1, -0.05) is 170 Å². The molecule has 1 unspecified atom stereocenters. The van der Waals surface area contributed by atoms with E-state index in [9.17, 15) is 0 Å². The largest absolute Gasteiger partial charge is 0.344 e. The average molecular weight is 668 g/mol. The van der Waals surface area contributed by atoms with Gasteiger partial charge in [0.2, 0.25) is 0 Å². The number of nitrogens with zero attached hydrogens (tertiary/aromatic N) is 4. The van der Waals surface area contributed by atoms with Crippen LogP contribution in [0.3, 0.4) is 0 Å². The molecular weight excluding hydrogens is 635 g/mol. The van der Waals surface area contributed by atoms with Gasteiger partial charge < -0.3 is 5.32 Å². The molecule has 246 valence electrons. The van der Waals surface area contributed by atoms with E-state index in [0.29, 0.717) is 11.7 Å². The fraction of sp³-hybridized carbons (Fsp3) is 0.0213. The molecule has 0 amide bonds. The van der Waals surface area contributed by atoms with Crippen molar-refractivity contribution in [3.8, 4) is 44.9 Å². The molecule has 1 aliphatic rings. The molecule has 9 rings (SSSR count). The number of hydrogen-bond acceptors (Lipinski definition) is 5. The van der Waals surface area contributed by atoms with E-state index in [-0.39, 0.29) is 6.17 Å². The molecule has 1 aromatic heterocycles. The zero-order valence-electron chi connectivity index (χ0n) is 28.3. The molecule has 0 radical (unpaired) electrons. The van der Waals surface area contributed by atoms with E-state index in [1.165, 1.54) is 5.56 Å². The topological polar surface area (TPSA) is 62.5 Å². The molecular formula is C47H33N5. The van der Waals surface area contributed by atoms with Crippen LogP contribution in [0.2, 0.25) is 0 Å². The Morgan fingerprint density at radius 2 is 0.942 bits per heavy atom. The number of hydrogen-bond donors (Lipinski definition) is 1. The van der Waals surface area contributed by atoms with Crippen LogP contribution in [-0.4, -0.2) is 21.6 Å². The number of aliphatic imine (C=N–C) groups is 2. The standard InChI is InChI=1S/C47H33N5/c1-4-14-32(15-5-1)33-26-28-36(29-27-33)45-50-44(35-18-8-3-9-19-35)51-47(52-45)40-23-13-21-38(31-40)37-20-12-22-39(30-37)46-48-42-25-11-10-24-41(42)43(49-46)34-16-6-2-7-17-34/h1-31,44H,(H,50,51,52). The Kier molecular flexibility index (Phi) is 8.20. The predicted octanol–water partition coefficient (Wildman–Crippen LogP) is 10.8. The number of amidine groups is 2. The number of aromatic nitrogens is 2. The highest BCUT2D eigenvalue weighted by Crippen LogP contribution is 2.32. The van der Waals surface area contributed by atoms with Crippen LogP contribution in [0.15, 0.2) is 198 Å². The highest BCUT2D eigenvalue weighted by Gasteiger charge is 2.21. The van der Waals surface area contributed by atoms with Crippen molar-refractivity contribution in [1.29, 1.82) is 0 Å². The van der Waals surface area contributed by atoms with Crippen LogP contribution in [0.4, 0.5) is 0 Å². The summed E-state index contributed by atoms with van der Waals surface area (Å²) in [7, 11) is 0. The maximum Gasteiger partial charge on any atom is 0.160 e. The molecule has 0 saturated heterocycles. The monoisotopic (exact) mass is 667 g/mol. The molecule has 0 aliphatic carbocycles. The normalized spacial score (nSPS) is 14.0. The van der Waals surface area contributed by atoms with Crippen LogP contribution in [0.25, 0.3) is 55.8 Å². The van der Waals surface area contributed by atoms with Crippen LogP contribution in [0, 0.1) is 0 Å². The Morgan fingerprint density at radius 1 is 0.404 bits per heavy atom. The zero-order valence-corrected chi connectivity index (χ0v) is 28.3. The summed E-state index contributed by atoms with van der Waals surface area (Å²) in [5.41, 5.74) is 11.3. The predicted molar refractivity (Wildman–Crippen MR) is 213 cm³/mol. The summed E-state index contributed by atoms with van der Waals surface area (Å²) in [6, 6.07) is 64.7. The van der Waals surface area contributed by atoms with Crippen LogP contribution in [0.1, 0.15) is 22.9 Å². The highest BCUT2D eigenvalue weighted by atomic mass is 15.2. The van der Waals surface area contributed by atoms with E-state index in [4.69, 9.17) is 20.0 Å². The maximum atomic E-state index is 5.13. The van der Waals surface area contributed by atoms with Gasteiger partial charge in [0.1, 0.15) is 12.0 Å². The minimum absolute atomic E-state index is 0.284. The van der Waals surface area contributed by atoms with E-state index in [1.54, 1.807) is 0 Å². The van der Waals surface area contributed by atoms with Crippen molar-refractivity contribution in [1.82, 2.24) is 15.3 Å². The molecule has 5 nitrogen and oxygen atoms in total. The Bertz CT molecular complexity index is 2580. The van der Waals surface area contributed by atoms with E-state index < -0.39 is 0 Å². The van der Waals surface area contributed by atoms with Crippen LogP contribution >= 0.6 is 0 Å². The smallest absolute Gasteiger partial charge is 0.160 e. The summed E-state index contributed by atoms with van der Waals surface area (Å²) < 4.78 is 0. The fourth-order valence-corrected chi connectivity index (χ4v) is 6.68. The molecule has 0 bridgehead atoms. The Morgan fingerprint density at radius 3 is 1.67 bits per heavy atom. The lowest BCUT2D eigenvalue weighted by molar-refractivity contribution is 0.674. The Balaban J connectivity index is 1.08. The third kappa shape index (κ3) is 6.28. The van der Waals surface area contributed by atoms with Gasteiger partial charge in [-0.3, -0.25) is 0 Å². The van der Waals surface area contributed by atoms with Crippen molar-refractivity contribution in [2.24, 2.45) is 9.98 Å². The van der Waals surface area contributed by atoms with Crippen molar-refractivity contribution in [3.63, 3.8) is 0 Å². The number of para-hydroxylation sites is 1. The number of nitrogens with one attached hydrogen (secondary N) is 1. The summed E-state index contributed by atoms with van der Waals surface area (Å²) in [5.74, 6) is 2.16. The third-order valence-corrected chi connectivity index (χ3v) is 9.35. The summed E-state index contributed by atoms with van der Waals surface area (Å²) in [6.45, 7) is 0. The second-order valence-electron chi connectivity index (χ2n) is 12.8. The first kappa shape index (κ1) is 31.0. The molecule has 1 N–H and O–H groups in total. The molecule has 5 heteroatoms. The van der Waals surface area contributed by atoms with E-state index in [1.807, 2.05) is 54.6 Å². The fourth-order valence-electron chi connectivity index (χ4n) is 6.68. The van der Waals surface area contributed by atoms with E-state index in [0.717, 1.165) is 66.9 Å². The first-order valence-electron chi connectivity index (χ1n) is 17.4. The molecule has 52 heavy (non-hydrogen) atoms. The van der Waals surface area contributed by atoms with Gasteiger partial charge in [0.25, 0.3) is 0 Å². The molecule has 8 aromatic rings. The van der Waals surface area contributed by atoms with Crippen molar-refractivity contribution >= 4 is 22.6 Å². The van der Waals surface area contributed by atoms with Crippen LogP contribution < -0.4 is 5.32 Å². The molecule has 0 saturated carbocycles. The first-order valence-corrected chi connectivity index (χ1v) is 17.4. The quantitative estimate of drug-likeness (QED) is 0.184. The van der Waals surface area contributed by atoms with Crippen molar-refractivity contribution < 1.29 is 0 Å². The summed E-state index contributed by atoms with van der Waals surface area (Å²) in [6.07, 6.45) is -0.284. The second-order valence-corrected chi connectivity index (χ2v) is 12.8. The molecule has 1 aliphatic heterocycles. The van der Waals surface area contributed by atoms with Crippen molar-refractivity contribution in [2.45, 2.75) is 6.17 Å². The number of fused-ring (bicyclic) bond motifs is 1.